The van der Waals surface area contributed by atoms with Crippen molar-refractivity contribution < 1.29 is 0 Å². The first-order valence-corrected chi connectivity index (χ1v) is 5.23. The summed E-state index contributed by atoms with van der Waals surface area (Å²) in [7, 11) is 0. The number of hydrogen-bond acceptors (Lipinski definition) is 3. The lowest BCUT2D eigenvalue weighted by molar-refractivity contribution is 0.308. The number of rotatable bonds is 1. The maximum Gasteiger partial charge on any atom is 0.180 e. The Morgan fingerprint density at radius 3 is 3.00 bits per heavy atom. The van der Waals surface area contributed by atoms with Crippen LogP contribution in [-0.2, 0) is 0 Å². The van der Waals surface area contributed by atoms with Crippen LogP contribution < -0.4 is 16.6 Å². The Morgan fingerprint density at radius 2 is 2.23 bits per heavy atom. The summed E-state index contributed by atoms with van der Waals surface area (Å²) >= 11 is 4.99. The first-order valence-electron chi connectivity index (χ1n) is 4.82. The van der Waals surface area contributed by atoms with Crippen molar-refractivity contribution in [3.8, 4) is 0 Å². The lowest BCUT2D eigenvalue weighted by Crippen LogP contribution is -2.48. The second-order valence-corrected chi connectivity index (χ2v) is 4.17. The second-order valence-electron chi connectivity index (χ2n) is 3.76. The van der Waals surface area contributed by atoms with Gasteiger partial charge in [0, 0.05) is 18.6 Å². The van der Waals surface area contributed by atoms with E-state index in [4.69, 9.17) is 18.1 Å². The summed E-state index contributed by atoms with van der Waals surface area (Å²) in [5, 5.41) is 3.82. The molecule has 2 fully saturated rings. The van der Waals surface area contributed by atoms with Crippen LogP contribution in [0.4, 0.5) is 0 Å². The van der Waals surface area contributed by atoms with E-state index in [1.165, 1.54) is 32.4 Å². The van der Waals surface area contributed by atoms with E-state index in [-0.39, 0.29) is 0 Å². The first kappa shape index (κ1) is 9.18. The van der Waals surface area contributed by atoms with Gasteiger partial charge in [-0.15, -0.1) is 0 Å². The van der Waals surface area contributed by atoms with Crippen molar-refractivity contribution >= 4 is 17.3 Å². The van der Waals surface area contributed by atoms with Crippen LogP contribution in [0.3, 0.4) is 0 Å². The van der Waals surface area contributed by atoms with E-state index in [2.05, 4.69) is 15.6 Å². The molecule has 2 saturated heterocycles. The van der Waals surface area contributed by atoms with Crippen LogP contribution in [0.1, 0.15) is 19.3 Å². The Hall–Kier alpha value is -0.390. The molecular formula is C8H16N4S. The maximum atomic E-state index is 5.22. The number of hydrazine groups is 1. The van der Waals surface area contributed by atoms with Gasteiger partial charge in [-0.3, -0.25) is 4.90 Å². The molecule has 2 atom stereocenters. The van der Waals surface area contributed by atoms with Gasteiger partial charge in [0.05, 0.1) is 0 Å². The zero-order valence-electron chi connectivity index (χ0n) is 7.62. The minimum atomic E-state index is 0.506. The smallest absolute Gasteiger partial charge is 0.180 e. The standard InChI is InChI=1S/C8H16N4S/c9-11-8(13)10-6-3-5-12-4-1-2-7(6)12/h6-7H,1-5,9H2,(H2,10,11,13). The van der Waals surface area contributed by atoms with Gasteiger partial charge in [0.15, 0.2) is 5.11 Å². The molecule has 0 bridgehead atoms. The van der Waals surface area contributed by atoms with Crippen LogP contribution in [0.25, 0.3) is 0 Å². The Labute approximate surface area is 83.8 Å². The molecule has 0 aromatic carbocycles. The molecule has 0 aromatic heterocycles. The largest absolute Gasteiger partial charge is 0.357 e. The van der Waals surface area contributed by atoms with Gasteiger partial charge in [-0.25, -0.2) is 5.84 Å². The SMILES string of the molecule is NNC(=S)NC1CCN2CCCC12. The Morgan fingerprint density at radius 1 is 1.38 bits per heavy atom. The number of nitrogens with two attached hydrogens (primary N) is 1. The summed E-state index contributed by atoms with van der Waals surface area (Å²) in [6, 6.07) is 1.19. The number of fused-ring (bicyclic) bond motifs is 1. The molecule has 0 radical (unpaired) electrons. The lowest BCUT2D eigenvalue weighted by Gasteiger charge is -2.21. The predicted molar refractivity (Wildman–Crippen MR) is 56.1 cm³/mol. The van der Waals surface area contributed by atoms with E-state index >= 15 is 0 Å². The number of hydrogen-bond donors (Lipinski definition) is 3. The van der Waals surface area contributed by atoms with E-state index < -0.39 is 0 Å². The van der Waals surface area contributed by atoms with Crippen LogP contribution in [0.2, 0.25) is 0 Å². The molecule has 2 aliphatic rings. The number of nitrogens with one attached hydrogen (secondary N) is 2. The summed E-state index contributed by atoms with van der Waals surface area (Å²) < 4.78 is 0. The zero-order valence-corrected chi connectivity index (χ0v) is 8.44. The van der Waals surface area contributed by atoms with Gasteiger partial charge in [-0.1, -0.05) is 0 Å². The molecule has 5 heteroatoms. The normalized spacial score (nSPS) is 33.0. The fourth-order valence-electron chi connectivity index (χ4n) is 2.46. The highest BCUT2D eigenvalue weighted by Crippen LogP contribution is 2.27. The molecule has 2 aliphatic heterocycles. The fraction of sp³-hybridized carbons (Fsp3) is 0.875. The highest BCUT2D eigenvalue weighted by Gasteiger charge is 2.37. The summed E-state index contributed by atoms with van der Waals surface area (Å²) in [5.41, 5.74) is 2.47. The van der Waals surface area contributed by atoms with E-state index in [1.54, 1.807) is 0 Å². The summed E-state index contributed by atoms with van der Waals surface area (Å²) in [6.45, 7) is 2.46. The van der Waals surface area contributed by atoms with Crippen molar-refractivity contribution in [2.75, 3.05) is 13.1 Å². The van der Waals surface area contributed by atoms with E-state index in [0.29, 0.717) is 17.2 Å². The molecule has 4 N–H and O–H groups in total. The number of thiocarbonyl (C=S) groups is 1. The molecule has 0 saturated carbocycles. The van der Waals surface area contributed by atoms with Gasteiger partial charge >= 0.3 is 0 Å². The van der Waals surface area contributed by atoms with Crippen LogP contribution >= 0.6 is 12.2 Å². The molecule has 0 aromatic rings. The molecule has 4 nitrogen and oxygen atoms in total. The minimum Gasteiger partial charge on any atom is -0.357 e. The van der Waals surface area contributed by atoms with Gasteiger partial charge in [-0.2, -0.15) is 0 Å². The summed E-state index contributed by atoms with van der Waals surface area (Å²) in [5.74, 6) is 5.22. The van der Waals surface area contributed by atoms with Crippen molar-refractivity contribution in [2.24, 2.45) is 5.84 Å². The Balaban J connectivity index is 1.90. The monoisotopic (exact) mass is 200 g/mol. The molecular weight excluding hydrogens is 184 g/mol. The van der Waals surface area contributed by atoms with E-state index in [1.807, 2.05) is 0 Å². The van der Waals surface area contributed by atoms with Crippen LogP contribution in [-0.4, -0.2) is 35.2 Å². The van der Waals surface area contributed by atoms with Gasteiger partial charge in [-0.05, 0) is 38.0 Å². The van der Waals surface area contributed by atoms with Crippen molar-refractivity contribution in [1.82, 2.24) is 15.6 Å². The molecule has 2 heterocycles. The third-order valence-corrected chi connectivity index (χ3v) is 3.29. The highest BCUT2D eigenvalue weighted by molar-refractivity contribution is 7.80. The van der Waals surface area contributed by atoms with Crippen molar-refractivity contribution in [1.29, 1.82) is 0 Å². The van der Waals surface area contributed by atoms with Crippen LogP contribution in [0.15, 0.2) is 0 Å². The topological polar surface area (TPSA) is 53.3 Å². The average molecular weight is 200 g/mol. The Kier molecular flexibility index (Phi) is 2.66. The third-order valence-electron chi connectivity index (χ3n) is 3.05. The lowest BCUT2D eigenvalue weighted by atomic mass is 10.1. The highest BCUT2D eigenvalue weighted by atomic mass is 32.1. The predicted octanol–water partition coefficient (Wildman–Crippen LogP) is -0.439. The minimum absolute atomic E-state index is 0.506. The molecule has 0 spiro atoms. The van der Waals surface area contributed by atoms with Gasteiger partial charge in [0.2, 0.25) is 0 Å². The summed E-state index contributed by atoms with van der Waals surface area (Å²) in [4.78, 5) is 2.54. The maximum absolute atomic E-state index is 5.22. The Bertz CT molecular complexity index is 208. The van der Waals surface area contributed by atoms with Crippen LogP contribution in [0, 0.1) is 0 Å². The quantitative estimate of drug-likeness (QED) is 0.304. The molecule has 0 aliphatic carbocycles. The second kappa shape index (κ2) is 3.77. The molecule has 2 unspecified atom stereocenters. The molecule has 0 amide bonds. The van der Waals surface area contributed by atoms with Gasteiger partial charge in [0.1, 0.15) is 0 Å². The fourth-order valence-corrected chi connectivity index (χ4v) is 2.61. The van der Waals surface area contributed by atoms with Crippen molar-refractivity contribution in [2.45, 2.75) is 31.3 Å². The third kappa shape index (κ3) is 1.77. The number of nitrogens with zero attached hydrogens (tertiary/aromatic N) is 1. The van der Waals surface area contributed by atoms with Gasteiger partial charge in [0.25, 0.3) is 0 Å². The molecule has 2 rings (SSSR count). The van der Waals surface area contributed by atoms with Crippen molar-refractivity contribution in [3.05, 3.63) is 0 Å². The molecule has 13 heavy (non-hydrogen) atoms. The van der Waals surface area contributed by atoms with Crippen LogP contribution in [0.5, 0.6) is 0 Å². The average Bonchev–Trinajstić information content (AvgIpc) is 2.69. The van der Waals surface area contributed by atoms with Gasteiger partial charge < -0.3 is 10.7 Å². The van der Waals surface area contributed by atoms with E-state index in [9.17, 15) is 0 Å². The molecule has 74 valence electrons. The first-order chi connectivity index (χ1) is 6.31. The van der Waals surface area contributed by atoms with Crippen molar-refractivity contribution in [3.63, 3.8) is 0 Å². The van der Waals surface area contributed by atoms with E-state index in [0.717, 1.165) is 0 Å². The zero-order chi connectivity index (χ0) is 9.26. The summed E-state index contributed by atoms with van der Waals surface area (Å²) in [6.07, 6.45) is 3.81.